The molecule has 0 spiro atoms. The van der Waals surface area contributed by atoms with Crippen molar-refractivity contribution in [1.82, 2.24) is 0 Å². The highest BCUT2D eigenvalue weighted by Crippen LogP contribution is 1.97. The van der Waals surface area contributed by atoms with Crippen molar-refractivity contribution in [3.8, 4) is 0 Å². The van der Waals surface area contributed by atoms with Gasteiger partial charge < -0.3 is 24.1 Å². The van der Waals surface area contributed by atoms with Crippen molar-refractivity contribution in [1.29, 1.82) is 0 Å². The van der Waals surface area contributed by atoms with Gasteiger partial charge in [0.15, 0.2) is 6.29 Å². The lowest BCUT2D eigenvalue weighted by molar-refractivity contribution is -0.160. The van der Waals surface area contributed by atoms with Gasteiger partial charge in [0.05, 0.1) is 0 Å². The van der Waals surface area contributed by atoms with Crippen molar-refractivity contribution in [3.63, 3.8) is 0 Å². The molecule has 0 unspecified atom stereocenters. The molecule has 0 aliphatic rings. The Labute approximate surface area is 86.9 Å². The van der Waals surface area contributed by atoms with Gasteiger partial charge in [-0.1, -0.05) is 0 Å². The largest absolute Gasteiger partial charge is 0.518 e. The van der Waals surface area contributed by atoms with Crippen molar-refractivity contribution in [2.24, 2.45) is 0 Å². The third-order valence-electron chi connectivity index (χ3n) is 1.21. The normalized spacial score (nSPS) is 10.1. The first-order valence-electron chi connectivity index (χ1n) is 4.40. The van der Waals surface area contributed by atoms with Crippen molar-refractivity contribution < 1.29 is 33.6 Å². The molecule has 1 N–H and O–H groups in total. The predicted molar refractivity (Wildman–Crippen MR) is 47.5 cm³/mol. The Morgan fingerprint density at radius 3 is 2.13 bits per heavy atom. The summed E-state index contributed by atoms with van der Waals surface area (Å²) in [4.78, 5) is 20.6. The highest BCUT2D eigenvalue weighted by molar-refractivity contribution is 5.75. The summed E-state index contributed by atoms with van der Waals surface area (Å²) >= 11 is 0. The van der Waals surface area contributed by atoms with Gasteiger partial charge in [-0.25, -0.2) is 9.59 Å². The summed E-state index contributed by atoms with van der Waals surface area (Å²) in [6, 6.07) is 0. The van der Waals surface area contributed by atoms with E-state index in [9.17, 15) is 9.59 Å². The van der Waals surface area contributed by atoms with Crippen molar-refractivity contribution in [3.05, 3.63) is 0 Å². The zero-order valence-electron chi connectivity index (χ0n) is 8.60. The van der Waals surface area contributed by atoms with Crippen LogP contribution >= 0.6 is 0 Å². The van der Waals surface area contributed by atoms with Crippen molar-refractivity contribution in [2.45, 2.75) is 20.1 Å². The number of ether oxygens (including phenoxy) is 4. The van der Waals surface area contributed by atoms with Crippen LogP contribution in [-0.2, 0) is 18.9 Å². The Bertz CT molecular complexity index is 197. The maximum absolute atomic E-state index is 10.6. The molecule has 0 heterocycles. The summed E-state index contributed by atoms with van der Waals surface area (Å²) < 4.78 is 18.2. The minimum Gasteiger partial charge on any atom is -0.449 e. The smallest absolute Gasteiger partial charge is 0.449 e. The van der Waals surface area contributed by atoms with Crippen LogP contribution in [0.2, 0.25) is 0 Å². The van der Waals surface area contributed by atoms with Crippen LogP contribution in [0.4, 0.5) is 9.59 Å². The number of hydrogen-bond donors (Lipinski definition) is 1. The fourth-order valence-corrected chi connectivity index (χ4v) is 0.753. The maximum Gasteiger partial charge on any atom is 0.518 e. The SMILES string of the molecule is CCOC(COC(=O)OC(=O)O)OCC. The maximum atomic E-state index is 10.6. The lowest BCUT2D eigenvalue weighted by Gasteiger charge is -2.15. The molecule has 0 bridgehead atoms. The molecule has 0 aromatic heterocycles. The highest BCUT2D eigenvalue weighted by atomic mass is 16.8. The standard InChI is InChI=1S/C8H14O7/c1-3-12-6(13-4-2)5-14-8(11)15-7(9)10/h6H,3-5H2,1-2H3,(H,9,10). The molecule has 0 saturated heterocycles. The summed E-state index contributed by atoms with van der Waals surface area (Å²) in [5.41, 5.74) is 0. The zero-order valence-corrected chi connectivity index (χ0v) is 8.60. The van der Waals surface area contributed by atoms with Crippen LogP contribution in [0.25, 0.3) is 0 Å². The minimum atomic E-state index is -1.72. The van der Waals surface area contributed by atoms with E-state index in [-0.39, 0.29) is 6.61 Å². The van der Waals surface area contributed by atoms with Gasteiger partial charge in [-0.3, -0.25) is 0 Å². The summed E-state index contributed by atoms with van der Waals surface area (Å²) in [5.74, 6) is 0. The molecule has 15 heavy (non-hydrogen) atoms. The first-order valence-corrected chi connectivity index (χ1v) is 4.40. The van der Waals surface area contributed by atoms with Gasteiger partial charge in [0.2, 0.25) is 0 Å². The third kappa shape index (κ3) is 7.71. The summed E-state index contributed by atoms with van der Waals surface area (Å²) in [7, 11) is 0. The molecular weight excluding hydrogens is 208 g/mol. The van der Waals surface area contributed by atoms with Crippen LogP contribution in [0.5, 0.6) is 0 Å². The molecule has 7 heteroatoms. The highest BCUT2D eigenvalue weighted by Gasteiger charge is 2.14. The topological polar surface area (TPSA) is 91.3 Å². The molecule has 0 rings (SSSR count). The molecule has 0 atom stereocenters. The molecule has 0 aromatic rings. The van der Waals surface area contributed by atoms with Crippen LogP contribution in [0.3, 0.4) is 0 Å². The van der Waals surface area contributed by atoms with Crippen molar-refractivity contribution >= 4 is 12.3 Å². The van der Waals surface area contributed by atoms with Gasteiger partial charge in [-0.15, -0.1) is 0 Å². The molecular formula is C8H14O7. The number of hydrogen-bond acceptors (Lipinski definition) is 6. The van der Waals surface area contributed by atoms with Gasteiger partial charge in [-0.2, -0.15) is 0 Å². The molecule has 0 aliphatic carbocycles. The second-order valence-electron chi connectivity index (χ2n) is 2.27. The number of carbonyl (C=O) groups is 2. The Kier molecular flexibility index (Phi) is 7.29. The van der Waals surface area contributed by atoms with E-state index in [4.69, 9.17) is 14.6 Å². The zero-order chi connectivity index (χ0) is 11.7. The van der Waals surface area contributed by atoms with Gasteiger partial charge in [0, 0.05) is 13.2 Å². The van der Waals surface area contributed by atoms with E-state index in [0.717, 1.165) is 0 Å². The Hall–Kier alpha value is -1.34. The molecule has 7 nitrogen and oxygen atoms in total. The van der Waals surface area contributed by atoms with E-state index in [2.05, 4.69) is 9.47 Å². The lowest BCUT2D eigenvalue weighted by atomic mass is 10.6. The first-order chi connectivity index (χ1) is 7.10. The van der Waals surface area contributed by atoms with Crippen LogP contribution in [0.1, 0.15) is 13.8 Å². The van der Waals surface area contributed by atoms with E-state index in [0.29, 0.717) is 13.2 Å². The Morgan fingerprint density at radius 2 is 1.73 bits per heavy atom. The van der Waals surface area contributed by atoms with Gasteiger partial charge in [-0.05, 0) is 13.8 Å². The number of carbonyl (C=O) groups excluding carboxylic acids is 1. The van der Waals surface area contributed by atoms with Crippen LogP contribution < -0.4 is 0 Å². The molecule has 0 saturated carbocycles. The minimum absolute atomic E-state index is 0.214. The van der Waals surface area contributed by atoms with Gasteiger partial charge in [0.1, 0.15) is 6.61 Å². The fourth-order valence-electron chi connectivity index (χ4n) is 0.753. The van der Waals surface area contributed by atoms with E-state index < -0.39 is 18.6 Å². The quantitative estimate of drug-likeness (QED) is 0.410. The van der Waals surface area contributed by atoms with Crippen LogP contribution in [-0.4, -0.2) is 43.5 Å². The predicted octanol–water partition coefficient (Wildman–Crippen LogP) is 1.22. The van der Waals surface area contributed by atoms with Crippen LogP contribution in [0.15, 0.2) is 0 Å². The van der Waals surface area contributed by atoms with Gasteiger partial charge >= 0.3 is 12.3 Å². The Balaban J connectivity index is 3.77. The second-order valence-corrected chi connectivity index (χ2v) is 2.27. The monoisotopic (exact) mass is 222 g/mol. The van der Waals surface area contributed by atoms with E-state index in [1.807, 2.05) is 0 Å². The average Bonchev–Trinajstić information content (AvgIpc) is 2.14. The van der Waals surface area contributed by atoms with E-state index in [1.165, 1.54) is 0 Å². The summed E-state index contributed by atoms with van der Waals surface area (Å²) in [6.07, 6.45) is -3.72. The first kappa shape index (κ1) is 13.7. The molecule has 88 valence electrons. The molecule has 0 aromatic carbocycles. The van der Waals surface area contributed by atoms with E-state index in [1.54, 1.807) is 13.8 Å². The molecule has 0 fully saturated rings. The van der Waals surface area contributed by atoms with E-state index >= 15 is 0 Å². The van der Waals surface area contributed by atoms with Crippen LogP contribution in [0, 0.1) is 0 Å². The third-order valence-corrected chi connectivity index (χ3v) is 1.21. The number of carboxylic acid groups (broad SMARTS) is 1. The van der Waals surface area contributed by atoms with Crippen molar-refractivity contribution in [2.75, 3.05) is 19.8 Å². The second kappa shape index (κ2) is 8.01. The summed E-state index contributed by atoms with van der Waals surface area (Å²) in [6.45, 7) is 4.07. The molecule has 0 amide bonds. The fraction of sp³-hybridized carbons (Fsp3) is 0.750. The Morgan fingerprint density at radius 1 is 1.20 bits per heavy atom. The molecule has 0 aliphatic heterocycles. The molecule has 0 radical (unpaired) electrons. The average molecular weight is 222 g/mol. The lowest BCUT2D eigenvalue weighted by Crippen LogP contribution is -2.26. The summed E-state index contributed by atoms with van der Waals surface area (Å²) in [5, 5.41) is 8.07. The number of rotatable bonds is 6. The van der Waals surface area contributed by atoms with Gasteiger partial charge in [0.25, 0.3) is 0 Å².